The largest absolute Gasteiger partial charge is 0.477 e. The number of halogens is 3. The number of pyridine rings is 1. The summed E-state index contributed by atoms with van der Waals surface area (Å²) in [5.74, 6) is -2.97. The number of nitrogens with zero attached hydrogens (tertiary/aromatic N) is 1. The maximum absolute atomic E-state index is 13.1. The number of benzene rings is 1. The van der Waals surface area contributed by atoms with E-state index >= 15 is 0 Å². The van der Waals surface area contributed by atoms with Crippen molar-refractivity contribution in [3.63, 3.8) is 0 Å². The summed E-state index contributed by atoms with van der Waals surface area (Å²) >= 11 is 0. The Morgan fingerprint density at radius 1 is 1.26 bits per heavy atom. The van der Waals surface area contributed by atoms with Crippen molar-refractivity contribution in [2.45, 2.75) is 18.9 Å². The van der Waals surface area contributed by atoms with E-state index in [0.717, 1.165) is 18.2 Å². The van der Waals surface area contributed by atoms with Crippen molar-refractivity contribution in [1.82, 2.24) is 9.88 Å². The molecule has 0 unspecified atom stereocenters. The van der Waals surface area contributed by atoms with Crippen LogP contribution < -0.4 is 21.3 Å². The molecule has 1 aromatic carbocycles. The summed E-state index contributed by atoms with van der Waals surface area (Å²) in [5, 5.41) is 18.9. The number of aromatic nitrogens is 1. The van der Waals surface area contributed by atoms with E-state index in [1.54, 1.807) is 0 Å². The van der Waals surface area contributed by atoms with Crippen molar-refractivity contribution in [2.75, 3.05) is 12.4 Å². The Morgan fingerprint density at radius 2 is 1.87 bits per heavy atom. The van der Waals surface area contributed by atoms with E-state index in [1.165, 1.54) is 14.0 Å². The zero-order chi connectivity index (χ0) is 23.7. The van der Waals surface area contributed by atoms with Crippen LogP contribution in [0.3, 0.4) is 0 Å². The molecule has 0 saturated carbocycles. The van der Waals surface area contributed by atoms with Crippen LogP contribution >= 0.6 is 0 Å². The van der Waals surface area contributed by atoms with Crippen molar-refractivity contribution in [1.29, 1.82) is 0 Å². The summed E-state index contributed by atoms with van der Waals surface area (Å²) in [6, 6.07) is 2.60. The van der Waals surface area contributed by atoms with Crippen LogP contribution in [0.15, 0.2) is 29.1 Å². The molecule has 1 heterocycles. The van der Waals surface area contributed by atoms with E-state index < -0.39 is 61.9 Å². The fourth-order valence-electron chi connectivity index (χ4n) is 2.89. The quantitative estimate of drug-likeness (QED) is 0.525. The van der Waals surface area contributed by atoms with Gasteiger partial charge >= 0.3 is 18.2 Å². The lowest BCUT2D eigenvalue weighted by molar-refractivity contribution is -0.137. The molecule has 0 radical (unpaired) electrons. The maximum atomic E-state index is 13.1. The van der Waals surface area contributed by atoms with Gasteiger partial charge in [-0.3, -0.25) is 9.36 Å². The van der Waals surface area contributed by atoms with Crippen molar-refractivity contribution in [2.24, 2.45) is 5.14 Å². The Kier molecular flexibility index (Phi) is 6.46. The third kappa shape index (κ3) is 5.21. The number of alkyl halides is 3. The molecule has 0 atom stereocenters. The van der Waals surface area contributed by atoms with Crippen LogP contribution in [0.25, 0.3) is 5.69 Å². The number of nitrogens with two attached hydrogens (primary N) is 1. The fraction of sp³-hybridized carbons (Fsp3) is 0.235. The number of rotatable bonds is 5. The summed E-state index contributed by atoms with van der Waals surface area (Å²) < 4.78 is 63.2. The van der Waals surface area contributed by atoms with Gasteiger partial charge in [0.05, 0.1) is 17.0 Å². The lowest BCUT2D eigenvalue weighted by atomic mass is 10.1. The first-order valence-electron chi connectivity index (χ1n) is 8.36. The topological polar surface area (TPSA) is 161 Å². The number of carbonyl (C=O) groups is 2. The average Bonchev–Trinajstić information content (AvgIpc) is 2.62. The van der Waals surface area contributed by atoms with Crippen LogP contribution in [0, 0.1) is 6.92 Å². The predicted octanol–water partition coefficient (Wildman–Crippen LogP) is 1.40. The number of amides is 2. The summed E-state index contributed by atoms with van der Waals surface area (Å²) in [6.45, 7) is 1.20. The molecule has 168 valence electrons. The van der Waals surface area contributed by atoms with E-state index in [9.17, 15) is 41.1 Å². The smallest absolute Gasteiger partial charge is 0.416 e. The van der Waals surface area contributed by atoms with Gasteiger partial charge in [-0.15, -0.1) is 0 Å². The van der Waals surface area contributed by atoms with E-state index in [4.69, 9.17) is 5.14 Å². The monoisotopic (exact) mass is 462 g/mol. The molecular formula is C17H17F3N4O6S. The lowest BCUT2D eigenvalue weighted by Gasteiger charge is -2.21. The van der Waals surface area contributed by atoms with Crippen LogP contribution in [0.5, 0.6) is 0 Å². The summed E-state index contributed by atoms with van der Waals surface area (Å²) in [6.07, 6.45) is -4.75. The molecule has 5 N–H and O–H groups in total. The van der Waals surface area contributed by atoms with Gasteiger partial charge in [-0.1, -0.05) is 6.07 Å². The minimum absolute atomic E-state index is 0.212. The SMILES string of the molecule is CNC(=O)Nc1c(CS(N)(=O)=O)c(C(=O)O)c(=O)n(-c2cccc(C(F)(F)F)c2)c1C. The molecule has 1 aromatic heterocycles. The fourth-order valence-corrected chi connectivity index (χ4v) is 3.58. The van der Waals surface area contributed by atoms with Gasteiger partial charge in [0, 0.05) is 24.0 Å². The summed E-state index contributed by atoms with van der Waals surface area (Å²) in [4.78, 5) is 36.6. The minimum atomic E-state index is -4.75. The highest BCUT2D eigenvalue weighted by molar-refractivity contribution is 7.88. The Labute approximate surface area is 173 Å². The first kappa shape index (κ1) is 23.9. The Morgan fingerprint density at radius 3 is 2.35 bits per heavy atom. The van der Waals surface area contributed by atoms with Crippen LogP contribution in [0.1, 0.15) is 27.2 Å². The Hall–Kier alpha value is -3.39. The standard InChI is InChI=1S/C17H17F3N4O6S/c1-8-13(23-16(28)22-2)11(7-31(21,29)30)12(15(26)27)14(25)24(8)10-5-3-4-9(6-10)17(18,19)20/h3-6H,7H2,1-2H3,(H,26,27)(H2,21,29,30)(H2,22,23,28). The number of carboxylic acids is 1. The molecule has 2 rings (SSSR count). The Balaban J connectivity index is 2.99. The van der Waals surface area contributed by atoms with Crippen LogP contribution in [0.4, 0.5) is 23.7 Å². The van der Waals surface area contributed by atoms with Gasteiger partial charge in [0.25, 0.3) is 5.56 Å². The van der Waals surface area contributed by atoms with E-state index in [2.05, 4.69) is 10.6 Å². The zero-order valence-corrected chi connectivity index (χ0v) is 16.9. The molecule has 0 aliphatic heterocycles. The minimum Gasteiger partial charge on any atom is -0.477 e. The highest BCUT2D eigenvalue weighted by atomic mass is 32.2. The molecule has 0 bridgehead atoms. The Bertz CT molecular complexity index is 1220. The number of hydrogen-bond acceptors (Lipinski definition) is 5. The van der Waals surface area contributed by atoms with Crippen molar-refractivity contribution >= 4 is 27.7 Å². The van der Waals surface area contributed by atoms with Gasteiger partial charge in [-0.2, -0.15) is 13.2 Å². The van der Waals surface area contributed by atoms with Crippen molar-refractivity contribution in [3.05, 3.63) is 57.0 Å². The van der Waals surface area contributed by atoms with Gasteiger partial charge < -0.3 is 15.7 Å². The van der Waals surface area contributed by atoms with Crippen LogP contribution in [-0.2, 0) is 22.0 Å². The number of hydrogen-bond donors (Lipinski definition) is 4. The third-order valence-corrected chi connectivity index (χ3v) is 4.87. The second kappa shape index (κ2) is 8.39. The highest BCUT2D eigenvalue weighted by Crippen LogP contribution is 2.31. The van der Waals surface area contributed by atoms with Gasteiger partial charge in [-0.05, 0) is 25.1 Å². The van der Waals surface area contributed by atoms with E-state index in [0.29, 0.717) is 10.6 Å². The van der Waals surface area contributed by atoms with E-state index in [1.807, 2.05) is 0 Å². The molecule has 0 fully saturated rings. The molecule has 0 saturated heterocycles. The van der Waals surface area contributed by atoms with Gasteiger partial charge in [0.2, 0.25) is 10.0 Å². The predicted molar refractivity (Wildman–Crippen MR) is 104 cm³/mol. The lowest BCUT2D eigenvalue weighted by Crippen LogP contribution is -2.34. The third-order valence-electron chi connectivity index (χ3n) is 4.17. The first-order chi connectivity index (χ1) is 14.2. The number of aromatic carboxylic acids is 1. The van der Waals surface area contributed by atoms with Crippen LogP contribution in [0.2, 0.25) is 0 Å². The normalized spacial score (nSPS) is 11.8. The average molecular weight is 462 g/mol. The molecular weight excluding hydrogens is 445 g/mol. The van der Waals surface area contributed by atoms with Crippen molar-refractivity contribution in [3.8, 4) is 5.69 Å². The number of primary sulfonamides is 1. The molecule has 14 heteroatoms. The summed E-state index contributed by atoms with van der Waals surface area (Å²) in [7, 11) is -3.15. The number of urea groups is 1. The number of anilines is 1. The zero-order valence-electron chi connectivity index (χ0n) is 16.1. The van der Waals surface area contributed by atoms with Crippen molar-refractivity contribution < 1.29 is 36.3 Å². The molecule has 10 nitrogen and oxygen atoms in total. The molecule has 0 aliphatic rings. The molecule has 2 aromatic rings. The second-order valence-electron chi connectivity index (χ2n) is 6.32. The highest BCUT2D eigenvalue weighted by Gasteiger charge is 2.32. The molecule has 31 heavy (non-hydrogen) atoms. The first-order valence-corrected chi connectivity index (χ1v) is 10.1. The summed E-state index contributed by atoms with van der Waals surface area (Å²) in [5.41, 5.74) is -5.04. The number of carboxylic acid groups (broad SMARTS) is 1. The van der Waals surface area contributed by atoms with Gasteiger partial charge in [0.1, 0.15) is 5.56 Å². The van der Waals surface area contributed by atoms with Crippen LogP contribution in [-0.4, -0.2) is 37.1 Å². The number of carbonyl (C=O) groups excluding carboxylic acids is 1. The molecule has 0 spiro atoms. The van der Waals surface area contributed by atoms with Gasteiger partial charge in [0.15, 0.2) is 0 Å². The van der Waals surface area contributed by atoms with Gasteiger partial charge in [-0.25, -0.2) is 23.1 Å². The molecule has 0 aliphatic carbocycles. The second-order valence-corrected chi connectivity index (χ2v) is 7.93. The maximum Gasteiger partial charge on any atom is 0.416 e. The molecule has 2 amide bonds. The number of sulfonamides is 1. The number of nitrogens with one attached hydrogen (secondary N) is 2. The van der Waals surface area contributed by atoms with E-state index in [-0.39, 0.29) is 11.4 Å².